The second-order valence-electron chi connectivity index (χ2n) is 4.28. The Balaban J connectivity index is 2.02. The number of amides is 1. The van der Waals surface area contributed by atoms with Gasteiger partial charge in [0.25, 0.3) is 0 Å². The molecule has 1 aliphatic heterocycles. The highest BCUT2D eigenvalue weighted by molar-refractivity contribution is 6.30. The van der Waals surface area contributed by atoms with Crippen LogP contribution in [0.25, 0.3) is 0 Å². The Bertz CT molecular complexity index is 408. The van der Waals surface area contributed by atoms with Crippen molar-refractivity contribution in [3.63, 3.8) is 0 Å². The molecule has 4 nitrogen and oxygen atoms in total. The van der Waals surface area contributed by atoms with Crippen LogP contribution in [-0.2, 0) is 9.53 Å². The first-order valence-electron chi connectivity index (χ1n) is 6.00. The minimum atomic E-state index is -0.0585. The first-order chi connectivity index (χ1) is 8.70. The van der Waals surface area contributed by atoms with Gasteiger partial charge in [0.1, 0.15) is 6.10 Å². The second kappa shape index (κ2) is 6.18. The van der Waals surface area contributed by atoms with Crippen LogP contribution in [0.4, 0.5) is 0 Å². The number of ether oxygens (including phenoxy) is 1. The molecule has 98 valence electrons. The van der Waals surface area contributed by atoms with Crippen LogP contribution in [0.5, 0.6) is 0 Å². The average molecular weight is 269 g/mol. The van der Waals surface area contributed by atoms with E-state index >= 15 is 0 Å². The highest BCUT2D eigenvalue weighted by Gasteiger charge is 2.24. The maximum atomic E-state index is 11.8. The fraction of sp³-hybridized carbons (Fsp3) is 0.462. The van der Waals surface area contributed by atoms with E-state index in [0.29, 0.717) is 31.3 Å². The van der Waals surface area contributed by atoms with E-state index in [2.05, 4.69) is 5.32 Å². The van der Waals surface area contributed by atoms with Gasteiger partial charge in [-0.2, -0.15) is 0 Å². The molecule has 1 amide bonds. The number of carbonyl (C=O) groups excluding carboxylic acids is 1. The van der Waals surface area contributed by atoms with Crippen molar-refractivity contribution >= 4 is 17.5 Å². The van der Waals surface area contributed by atoms with Gasteiger partial charge in [-0.05, 0) is 24.7 Å². The van der Waals surface area contributed by atoms with Gasteiger partial charge in [0.15, 0.2) is 0 Å². The second-order valence-corrected chi connectivity index (χ2v) is 4.72. The summed E-state index contributed by atoms with van der Waals surface area (Å²) >= 11 is 5.86. The van der Waals surface area contributed by atoms with E-state index in [1.807, 2.05) is 29.2 Å². The molecule has 1 aromatic rings. The van der Waals surface area contributed by atoms with Crippen molar-refractivity contribution in [3.05, 3.63) is 34.9 Å². The van der Waals surface area contributed by atoms with Crippen molar-refractivity contribution in [2.75, 3.05) is 33.3 Å². The highest BCUT2D eigenvalue weighted by Crippen LogP contribution is 2.23. The van der Waals surface area contributed by atoms with Crippen LogP contribution >= 0.6 is 11.6 Å². The zero-order valence-electron chi connectivity index (χ0n) is 10.4. The van der Waals surface area contributed by atoms with E-state index < -0.39 is 0 Å². The van der Waals surface area contributed by atoms with Crippen LogP contribution in [-0.4, -0.2) is 44.1 Å². The van der Waals surface area contributed by atoms with E-state index in [1.54, 1.807) is 7.05 Å². The summed E-state index contributed by atoms with van der Waals surface area (Å²) in [5, 5.41) is 3.58. The Morgan fingerprint density at radius 3 is 2.89 bits per heavy atom. The predicted molar refractivity (Wildman–Crippen MR) is 70.7 cm³/mol. The van der Waals surface area contributed by atoms with E-state index in [9.17, 15) is 4.79 Å². The molecule has 0 radical (unpaired) electrons. The van der Waals surface area contributed by atoms with E-state index in [1.165, 1.54) is 0 Å². The number of nitrogens with one attached hydrogen (secondary N) is 1. The standard InChI is InChI=1S/C13H17ClN2O2/c1-15-8-13(17)16-6-7-18-12(9-16)10-2-4-11(14)5-3-10/h2-5,12,15H,6-9H2,1H3. The number of rotatable bonds is 3. The molecule has 18 heavy (non-hydrogen) atoms. The van der Waals surface area contributed by atoms with E-state index in [0.717, 1.165) is 5.56 Å². The molecule has 1 aliphatic rings. The first kappa shape index (κ1) is 13.3. The molecule has 0 aliphatic carbocycles. The Kier molecular flexibility index (Phi) is 4.58. The number of halogens is 1. The van der Waals surface area contributed by atoms with Gasteiger partial charge >= 0.3 is 0 Å². The molecule has 1 N–H and O–H groups in total. The number of benzene rings is 1. The largest absolute Gasteiger partial charge is 0.370 e. The molecule has 0 bridgehead atoms. The smallest absolute Gasteiger partial charge is 0.236 e. The van der Waals surface area contributed by atoms with Gasteiger partial charge in [-0.3, -0.25) is 4.79 Å². The van der Waals surface area contributed by atoms with Crippen molar-refractivity contribution in [3.8, 4) is 0 Å². The molecule has 1 unspecified atom stereocenters. The van der Waals surface area contributed by atoms with Gasteiger partial charge < -0.3 is 15.0 Å². The Labute approximate surface area is 112 Å². The van der Waals surface area contributed by atoms with Gasteiger partial charge in [-0.1, -0.05) is 23.7 Å². The lowest BCUT2D eigenvalue weighted by molar-refractivity contribution is -0.137. The molecule has 1 atom stereocenters. The summed E-state index contributed by atoms with van der Waals surface area (Å²) < 4.78 is 5.71. The van der Waals surface area contributed by atoms with Crippen LogP contribution in [0.1, 0.15) is 11.7 Å². The minimum Gasteiger partial charge on any atom is -0.370 e. The summed E-state index contributed by atoms with van der Waals surface area (Å²) in [6.45, 7) is 2.20. The van der Waals surface area contributed by atoms with Crippen LogP contribution in [0.15, 0.2) is 24.3 Å². The summed E-state index contributed by atoms with van der Waals surface area (Å²) in [6, 6.07) is 7.57. The van der Waals surface area contributed by atoms with E-state index in [4.69, 9.17) is 16.3 Å². The van der Waals surface area contributed by atoms with Gasteiger partial charge in [-0.25, -0.2) is 0 Å². The molecular weight excluding hydrogens is 252 g/mol. The summed E-state index contributed by atoms with van der Waals surface area (Å²) in [5.74, 6) is 0.111. The molecule has 0 saturated carbocycles. The number of hydrogen-bond acceptors (Lipinski definition) is 3. The normalized spacial score (nSPS) is 19.9. The lowest BCUT2D eigenvalue weighted by Gasteiger charge is -2.33. The van der Waals surface area contributed by atoms with E-state index in [-0.39, 0.29) is 12.0 Å². The van der Waals surface area contributed by atoms with Crippen molar-refractivity contribution in [2.24, 2.45) is 0 Å². The van der Waals surface area contributed by atoms with Crippen molar-refractivity contribution in [2.45, 2.75) is 6.10 Å². The number of likely N-dealkylation sites (N-methyl/N-ethyl adjacent to an activating group) is 1. The molecule has 5 heteroatoms. The Hall–Kier alpha value is -1.10. The quantitative estimate of drug-likeness (QED) is 0.902. The fourth-order valence-electron chi connectivity index (χ4n) is 2.02. The lowest BCUT2D eigenvalue weighted by atomic mass is 10.1. The number of carbonyl (C=O) groups is 1. The predicted octanol–water partition coefficient (Wildman–Crippen LogP) is 1.46. The van der Waals surface area contributed by atoms with Crippen LogP contribution in [0.2, 0.25) is 5.02 Å². The number of nitrogens with zero attached hydrogens (tertiary/aromatic N) is 1. The molecule has 0 spiro atoms. The molecule has 1 heterocycles. The SMILES string of the molecule is CNCC(=O)N1CCOC(c2ccc(Cl)cc2)C1. The average Bonchev–Trinajstić information content (AvgIpc) is 2.40. The number of morpholine rings is 1. The topological polar surface area (TPSA) is 41.6 Å². The summed E-state index contributed by atoms with van der Waals surface area (Å²) in [4.78, 5) is 13.6. The summed E-state index contributed by atoms with van der Waals surface area (Å²) in [5.41, 5.74) is 1.06. The molecule has 2 rings (SSSR count). The summed E-state index contributed by atoms with van der Waals surface area (Å²) in [6.07, 6.45) is -0.0585. The van der Waals surface area contributed by atoms with Crippen molar-refractivity contribution < 1.29 is 9.53 Å². The van der Waals surface area contributed by atoms with Crippen LogP contribution < -0.4 is 5.32 Å². The molecule has 1 fully saturated rings. The molecular formula is C13H17ClN2O2. The third-order valence-corrected chi connectivity index (χ3v) is 3.24. The monoisotopic (exact) mass is 268 g/mol. The zero-order chi connectivity index (χ0) is 13.0. The van der Waals surface area contributed by atoms with Crippen LogP contribution in [0.3, 0.4) is 0 Å². The molecule has 1 saturated heterocycles. The maximum absolute atomic E-state index is 11.8. The molecule has 1 aromatic carbocycles. The fourth-order valence-corrected chi connectivity index (χ4v) is 2.14. The zero-order valence-corrected chi connectivity index (χ0v) is 11.1. The van der Waals surface area contributed by atoms with Gasteiger partial charge in [0.05, 0.1) is 19.7 Å². The Morgan fingerprint density at radius 1 is 1.50 bits per heavy atom. The maximum Gasteiger partial charge on any atom is 0.236 e. The summed E-state index contributed by atoms with van der Waals surface area (Å²) in [7, 11) is 1.77. The van der Waals surface area contributed by atoms with Gasteiger partial charge in [0, 0.05) is 11.6 Å². The minimum absolute atomic E-state index is 0.0585. The lowest BCUT2D eigenvalue weighted by Crippen LogP contribution is -2.45. The third kappa shape index (κ3) is 3.22. The first-order valence-corrected chi connectivity index (χ1v) is 6.38. The van der Waals surface area contributed by atoms with Crippen molar-refractivity contribution in [1.29, 1.82) is 0 Å². The van der Waals surface area contributed by atoms with Gasteiger partial charge in [-0.15, -0.1) is 0 Å². The van der Waals surface area contributed by atoms with Crippen LogP contribution in [0, 0.1) is 0 Å². The highest BCUT2D eigenvalue weighted by atomic mass is 35.5. The third-order valence-electron chi connectivity index (χ3n) is 2.99. The molecule has 0 aromatic heterocycles. The Morgan fingerprint density at radius 2 is 2.22 bits per heavy atom. The van der Waals surface area contributed by atoms with Crippen molar-refractivity contribution in [1.82, 2.24) is 10.2 Å². The number of hydrogen-bond donors (Lipinski definition) is 1. The van der Waals surface area contributed by atoms with Gasteiger partial charge in [0.2, 0.25) is 5.91 Å².